The number of pyridine rings is 1. The van der Waals surface area contributed by atoms with Crippen LogP contribution in [0, 0.1) is 6.92 Å². The van der Waals surface area contributed by atoms with Crippen molar-refractivity contribution in [1.29, 1.82) is 0 Å². The van der Waals surface area contributed by atoms with Crippen LogP contribution in [0.5, 0.6) is 5.75 Å². The van der Waals surface area contributed by atoms with Crippen LogP contribution < -0.4 is 5.56 Å². The lowest BCUT2D eigenvalue weighted by Gasteiger charge is -2.11. The van der Waals surface area contributed by atoms with E-state index in [0.717, 1.165) is 5.56 Å². The first-order valence-electron chi connectivity index (χ1n) is 5.32. The largest absolute Gasteiger partial charge is 0.508 e. The molecule has 0 atom stereocenters. The molecule has 0 saturated heterocycles. The smallest absolute Gasteiger partial charge is 0.254 e. The molecule has 0 radical (unpaired) electrons. The quantitative estimate of drug-likeness (QED) is 0.920. The maximum absolute atomic E-state index is 11.8. The Balaban J connectivity index is 2.43. The Morgan fingerprint density at radius 1 is 1.22 bits per heavy atom. The first kappa shape index (κ1) is 13.0. The van der Waals surface area contributed by atoms with Crippen LogP contribution >= 0.6 is 23.2 Å². The van der Waals surface area contributed by atoms with Gasteiger partial charge in [0.15, 0.2) is 0 Å². The van der Waals surface area contributed by atoms with Crippen molar-refractivity contribution >= 4 is 23.2 Å². The van der Waals surface area contributed by atoms with Crippen LogP contribution in [0.2, 0.25) is 10.0 Å². The molecule has 2 rings (SSSR count). The third kappa shape index (κ3) is 2.68. The summed E-state index contributed by atoms with van der Waals surface area (Å²) in [7, 11) is 0. The van der Waals surface area contributed by atoms with Gasteiger partial charge in [-0.05, 0) is 30.7 Å². The fraction of sp³-hybridized carbons (Fsp3) is 0.154. The van der Waals surface area contributed by atoms with Gasteiger partial charge < -0.3 is 9.67 Å². The number of hydrogen-bond acceptors (Lipinski definition) is 2. The van der Waals surface area contributed by atoms with Gasteiger partial charge in [0.25, 0.3) is 5.56 Å². The van der Waals surface area contributed by atoms with Crippen molar-refractivity contribution in [2.24, 2.45) is 0 Å². The molecule has 18 heavy (non-hydrogen) atoms. The molecule has 1 N–H and O–H groups in total. The Kier molecular flexibility index (Phi) is 3.64. The summed E-state index contributed by atoms with van der Waals surface area (Å²) in [6.07, 6.45) is 0. The minimum absolute atomic E-state index is 0.0315. The van der Waals surface area contributed by atoms with Crippen molar-refractivity contribution in [3.05, 3.63) is 62.0 Å². The molecule has 0 aliphatic carbocycles. The molecule has 0 fully saturated rings. The van der Waals surface area contributed by atoms with Crippen molar-refractivity contribution in [3.63, 3.8) is 0 Å². The second-order valence-corrected chi connectivity index (χ2v) is 4.86. The summed E-state index contributed by atoms with van der Waals surface area (Å²) in [4.78, 5) is 11.8. The predicted molar refractivity (Wildman–Crippen MR) is 72.7 cm³/mol. The summed E-state index contributed by atoms with van der Waals surface area (Å²) in [6, 6.07) is 7.86. The SMILES string of the molecule is Cc1cc(O)cc(=O)n1Cc1ccc(Cl)cc1Cl. The Bertz CT molecular complexity index is 650. The van der Waals surface area contributed by atoms with E-state index in [2.05, 4.69) is 0 Å². The van der Waals surface area contributed by atoms with E-state index in [0.29, 0.717) is 22.3 Å². The van der Waals surface area contributed by atoms with Gasteiger partial charge in [0.05, 0.1) is 6.54 Å². The maximum atomic E-state index is 11.8. The lowest BCUT2D eigenvalue weighted by atomic mass is 10.2. The highest BCUT2D eigenvalue weighted by Crippen LogP contribution is 2.22. The first-order valence-corrected chi connectivity index (χ1v) is 6.07. The molecule has 3 nitrogen and oxygen atoms in total. The lowest BCUT2D eigenvalue weighted by molar-refractivity contribution is 0.470. The molecular formula is C13H11Cl2NO2. The number of nitrogens with zero attached hydrogens (tertiary/aromatic N) is 1. The number of rotatable bonds is 2. The van der Waals surface area contributed by atoms with Crippen LogP contribution in [0.15, 0.2) is 35.1 Å². The van der Waals surface area contributed by atoms with Crippen molar-refractivity contribution in [2.45, 2.75) is 13.5 Å². The number of aromatic hydroxyl groups is 1. The van der Waals surface area contributed by atoms with Crippen molar-refractivity contribution in [2.75, 3.05) is 0 Å². The summed E-state index contributed by atoms with van der Waals surface area (Å²) in [5.41, 5.74) is 1.21. The van der Waals surface area contributed by atoms with Crippen LogP contribution in [0.4, 0.5) is 0 Å². The molecule has 0 aliphatic heterocycles. The van der Waals surface area contributed by atoms with Crippen LogP contribution in [0.3, 0.4) is 0 Å². The third-order valence-corrected chi connectivity index (χ3v) is 3.25. The van der Waals surface area contributed by atoms with Crippen LogP contribution in [0.25, 0.3) is 0 Å². The average Bonchev–Trinajstić information content (AvgIpc) is 2.25. The van der Waals surface area contributed by atoms with Crippen molar-refractivity contribution in [1.82, 2.24) is 4.57 Å². The molecule has 94 valence electrons. The number of hydrogen-bond donors (Lipinski definition) is 1. The normalized spacial score (nSPS) is 10.6. The second kappa shape index (κ2) is 5.04. The van der Waals surface area contributed by atoms with E-state index >= 15 is 0 Å². The molecule has 0 bridgehead atoms. The Labute approximate surface area is 114 Å². The first-order chi connectivity index (χ1) is 8.47. The van der Waals surface area contributed by atoms with E-state index < -0.39 is 0 Å². The summed E-state index contributed by atoms with van der Waals surface area (Å²) in [5.74, 6) is -0.0315. The van der Waals surface area contributed by atoms with E-state index in [1.54, 1.807) is 25.1 Å². The highest BCUT2D eigenvalue weighted by atomic mass is 35.5. The summed E-state index contributed by atoms with van der Waals surface area (Å²) in [6.45, 7) is 2.10. The molecule has 1 heterocycles. The molecule has 1 aromatic heterocycles. The van der Waals surface area contributed by atoms with Crippen molar-refractivity contribution < 1.29 is 5.11 Å². The molecule has 0 unspecified atom stereocenters. The predicted octanol–water partition coefficient (Wildman–Crippen LogP) is 3.22. The minimum atomic E-state index is -0.265. The molecule has 0 spiro atoms. The summed E-state index contributed by atoms with van der Waals surface area (Å²) >= 11 is 11.9. The molecular weight excluding hydrogens is 273 g/mol. The highest BCUT2D eigenvalue weighted by Gasteiger charge is 2.07. The zero-order valence-electron chi connectivity index (χ0n) is 9.65. The van der Waals surface area contributed by atoms with Gasteiger partial charge in [0, 0.05) is 21.8 Å². The molecule has 0 aliphatic rings. The Morgan fingerprint density at radius 3 is 2.56 bits per heavy atom. The zero-order chi connectivity index (χ0) is 13.3. The zero-order valence-corrected chi connectivity index (χ0v) is 11.2. The number of halogens is 2. The van der Waals surface area contributed by atoms with E-state index in [1.807, 2.05) is 0 Å². The average molecular weight is 284 g/mol. The Morgan fingerprint density at radius 2 is 1.94 bits per heavy atom. The monoisotopic (exact) mass is 283 g/mol. The van der Waals surface area contributed by atoms with Gasteiger partial charge in [-0.2, -0.15) is 0 Å². The van der Waals surface area contributed by atoms with Gasteiger partial charge in [-0.1, -0.05) is 29.3 Å². The van der Waals surface area contributed by atoms with E-state index in [1.165, 1.54) is 16.7 Å². The molecule has 0 amide bonds. The van der Waals surface area contributed by atoms with Gasteiger partial charge >= 0.3 is 0 Å². The molecule has 0 saturated carbocycles. The standard InChI is InChI=1S/C13H11Cl2NO2/c1-8-4-11(17)6-13(18)16(8)7-9-2-3-10(14)5-12(9)15/h2-6,17H,7H2,1H3. The minimum Gasteiger partial charge on any atom is -0.508 e. The highest BCUT2D eigenvalue weighted by molar-refractivity contribution is 6.35. The van der Waals surface area contributed by atoms with Crippen molar-refractivity contribution in [3.8, 4) is 5.75 Å². The van der Waals surface area contributed by atoms with E-state index in [-0.39, 0.29) is 11.3 Å². The molecule has 2 aromatic rings. The topological polar surface area (TPSA) is 42.2 Å². The molecule has 5 heteroatoms. The fourth-order valence-electron chi connectivity index (χ4n) is 1.73. The number of aryl methyl sites for hydroxylation is 1. The van der Waals surface area contributed by atoms with Gasteiger partial charge in [-0.3, -0.25) is 4.79 Å². The number of aromatic nitrogens is 1. The summed E-state index contributed by atoms with van der Waals surface area (Å²) < 4.78 is 1.54. The number of benzene rings is 1. The second-order valence-electron chi connectivity index (χ2n) is 4.02. The van der Waals surface area contributed by atoms with E-state index in [4.69, 9.17) is 23.2 Å². The summed E-state index contributed by atoms with van der Waals surface area (Å²) in [5, 5.41) is 10.4. The Hall–Kier alpha value is -1.45. The van der Waals surface area contributed by atoms with Gasteiger partial charge in [-0.25, -0.2) is 0 Å². The van der Waals surface area contributed by atoms with Crippen LogP contribution in [-0.4, -0.2) is 9.67 Å². The van der Waals surface area contributed by atoms with Gasteiger partial charge in [-0.15, -0.1) is 0 Å². The third-order valence-electron chi connectivity index (χ3n) is 2.66. The van der Waals surface area contributed by atoms with E-state index in [9.17, 15) is 9.90 Å². The van der Waals surface area contributed by atoms with Crippen LogP contribution in [0.1, 0.15) is 11.3 Å². The maximum Gasteiger partial charge on any atom is 0.254 e. The lowest BCUT2D eigenvalue weighted by Crippen LogP contribution is -2.21. The fourth-order valence-corrected chi connectivity index (χ4v) is 2.20. The van der Waals surface area contributed by atoms with Crippen LogP contribution in [-0.2, 0) is 6.54 Å². The molecule has 1 aromatic carbocycles. The van der Waals surface area contributed by atoms with Gasteiger partial charge in [0.2, 0.25) is 0 Å². The van der Waals surface area contributed by atoms with Gasteiger partial charge in [0.1, 0.15) is 5.75 Å².